The third kappa shape index (κ3) is 2.04. The molecule has 0 radical (unpaired) electrons. The van der Waals surface area contributed by atoms with Gasteiger partial charge in [-0.1, -0.05) is 13.8 Å². The molecule has 0 aromatic heterocycles. The van der Waals surface area contributed by atoms with Gasteiger partial charge in [0.25, 0.3) is 0 Å². The zero-order valence-corrected chi connectivity index (χ0v) is 8.70. The Bertz CT molecular complexity index is 188. The third-order valence-electron chi connectivity index (χ3n) is 3.56. The highest BCUT2D eigenvalue weighted by Crippen LogP contribution is 2.41. The van der Waals surface area contributed by atoms with Crippen LogP contribution in [0.3, 0.4) is 0 Å². The molecule has 13 heavy (non-hydrogen) atoms. The topological polar surface area (TPSA) is 12.0 Å². The molecule has 0 bridgehead atoms. The summed E-state index contributed by atoms with van der Waals surface area (Å²) in [6, 6.07) is 0.586. The van der Waals surface area contributed by atoms with Crippen molar-refractivity contribution in [2.24, 2.45) is 5.41 Å². The number of rotatable bonds is 3. The number of nitrogens with one attached hydrogen (secondary N) is 1. The van der Waals surface area contributed by atoms with Crippen molar-refractivity contribution < 1.29 is 4.39 Å². The van der Waals surface area contributed by atoms with Gasteiger partial charge in [0.1, 0.15) is 5.67 Å². The van der Waals surface area contributed by atoms with E-state index < -0.39 is 5.67 Å². The fourth-order valence-electron chi connectivity index (χ4n) is 2.48. The Hall–Kier alpha value is -0.110. The highest BCUT2D eigenvalue weighted by Gasteiger charge is 2.40. The van der Waals surface area contributed by atoms with Gasteiger partial charge in [-0.25, -0.2) is 4.39 Å². The van der Waals surface area contributed by atoms with Crippen molar-refractivity contribution in [3.05, 3.63) is 0 Å². The van der Waals surface area contributed by atoms with E-state index in [0.29, 0.717) is 18.0 Å². The number of hydrogen-bond donors (Lipinski definition) is 1. The van der Waals surface area contributed by atoms with Crippen LogP contribution in [0.4, 0.5) is 4.39 Å². The average molecular weight is 185 g/mol. The highest BCUT2D eigenvalue weighted by molar-refractivity contribution is 4.96. The molecule has 0 heterocycles. The molecule has 0 aliphatic heterocycles. The Morgan fingerprint density at radius 3 is 2.31 bits per heavy atom. The van der Waals surface area contributed by atoms with E-state index in [-0.39, 0.29) is 0 Å². The van der Waals surface area contributed by atoms with Crippen molar-refractivity contribution in [1.29, 1.82) is 0 Å². The van der Waals surface area contributed by atoms with Crippen molar-refractivity contribution in [1.82, 2.24) is 5.32 Å². The quantitative estimate of drug-likeness (QED) is 0.712. The molecule has 2 fully saturated rings. The van der Waals surface area contributed by atoms with Crippen molar-refractivity contribution in [3.8, 4) is 0 Å². The van der Waals surface area contributed by atoms with Crippen LogP contribution in [-0.4, -0.2) is 18.3 Å². The van der Waals surface area contributed by atoms with Crippen LogP contribution in [0.1, 0.15) is 46.0 Å². The van der Waals surface area contributed by atoms with Gasteiger partial charge in [-0.15, -0.1) is 0 Å². The summed E-state index contributed by atoms with van der Waals surface area (Å²) in [4.78, 5) is 0. The van der Waals surface area contributed by atoms with E-state index in [1.165, 1.54) is 12.8 Å². The van der Waals surface area contributed by atoms with E-state index in [0.717, 1.165) is 19.3 Å². The molecule has 0 atom stereocenters. The van der Waals surface area contributed by atoms with Gasteiger partial charge >= 0.3 is 0 Å². The van der Waals surface area contributed by atoms with Gasteiger partial charge in [-0.3, -0.25) is 0 Å². The minimum atomic E-state index is -0.847. The van der Waals surface area contributed by atoms with E-state index in [1.807, 2.05) is 0 Å². The van der Waals surface area contributed by atoms with E-state index in [9.17, 15) is 4.39 Å². The van der Waals surface area contributed by atoms with Crippen LogP contribution >= 0.6 is 0 Å². The molecule has 1 N–H and O–H groups in total. The highest BCUT2D eigenvalue weighted by atomic mass is 19.1. The second-order valence-electron chi connectivity index (χ2n) is 5.65. The molecule has 0 unspecified atom stereocenters. The van der Waals surface area contributed by atoms with Gasteiger partial charge < -0.3 is 5.32 Å². The molecule has 2 heteroatoms. The lowest BCUT2D eigenvalue weighted by Crippen LogP contribution is -2.52. The maximum atomic E-state index is 13.6. The van der Waals surface area contributed by atoms with E-state index in [1.54, 1.807) is 0 Å². The summed E-state index contributed by atoms with van der Waals surface area (Å²) >= 11 is 0. The number of hydrogen-bond acceptors (Lipinski definition) is 1. The van der Waals surface area contributed by atoms with Crippen LogP contribution in [0.5, 0.6) is 0 Å². The third-order valence-corrected chi connectivity index (χ3v) is 3.56. The first-order valence-electron chi connectivity index (χ1n) is 5.42. The summed E-state index contributed by atoms with van der Waals surface area (Å²) in [6.07, 6.45) is 5.05. The monoisotopic (exact) mass is 185 g/mol. The first-order valence-corrected chi connectivity index (χ1v) is 5.42. The lowest BCUT2D eigenvalue weighted by Gasteiger charge is -2.45. The molecular formula is C11H20FN. The summed E-state index contributed by atoms with van der Waals surface area (Å²) < 4.78 is 13.6. The fraction of sp³-hybridized carbons (Fsp3) is 1.00. The Morgan fingerprint density at radius 1 is 1.31 bits per heavy atom. The van der Waals surface area contributed by atoms with E-state index in [2.05, 4.69) is 19.2 Å². The molecule has 2 rings (SSSR count). The predicted molar refractivity (Wildman–Crippen MR) is 52.5 cm³/mol. The molecule has 0 aromatic rings. The van der Waals surface area contributed by atoms with Crippen molar-refractivity contribution in [2.75, 3.05) is 6.54 Å². The number of halogens is 1. The molecule has 0 amide bonds. The molecule has 0 saturated heterocycles. The van der Waals surface area contributed by atoms with Crippen LogP contribution in [0.15, 0.2) is 0 Å². The van der Waals surface area contributed by atoms with Gasteiger partial charge in [0.15, 0.2) is 0 Å². The molecule has 76 valence electrons. The Labute approximate surface area is 80.1 Å². The maximum absolute atomic E-state index is 13.6. The van der Waals surface area contributed by atoms with Gasteiger partial charge in [-0.05, 0) is 37.5 Å². The second-order valence-corrected chi connectivity index (χ2v) is 5.65. The van der Waals surface area contributed by atoms with E-state index in [4.69, 9.17) is 0 Å². The molecule has 2 aliphatic carbocycles. The zero-order chi connectivity index (χ0) is 9.53. The Balaban J connectivity index is 1.65. The van der Waals surface area contributed by atoms with Gasteiger partial charge in [-0.2, -0.15) is 0 Å². The molecule has 1 nitrogen and oxygen atoms in total. The predicted octanol–water partition coefficient (Wildman–Crippen LogP) is 2.66. The molecular weight excluding hydrogens is 165 g/mol. The van der Waals surface area contributed by atoms with Crippen LogP contribution in [0.25, 0.3) is 0 Å². The van der Waals surface area contributed by atoms with Crippen molar-refractivity contribution >= 4 is 0 Å². The smallest absolute Gasteiger partial charge is 0.123 e. The standard InChI is InChI=1S/C11H20FN/c1-10(2)6-9(7-10)13-8-11(12)4-3-5-11/h9,13H,3-8H2,1-2H3. The minimum Gasteiger partial charge on any atom is -0.311 e. The van der Waals surface area contributed by atoms with Gasteiger partial charge in [0.05, 0.1) is 0 Å². The molecule has 0 aromatic carbocycles. The Kier molecular flexibility index (Phi) is 2.14. The molecule has 2 aliphatic rings. The maximum Gasteiger partial charge on any atom is 0.123 e. The van der Waals surface area contributed by atoms with Crippen LogP contribution in [0.2, 0.25) is 0 Å². The van der Waals surface area contributed by atoms with Crippen LogP contribution in [0, 0.1) is 5.41 Å². The first-order chi connectivity index (χ1) is 5.99. The zero-order valence-electron chi connectivity index (χ0n) is 8.70. The molecule has 2 saturated carbocycles. The largest absolute Gasteiger partial charge is 0.311 e. The van der Waals surface area contributed by atoms with Crippen LogP contribution < -0.4 is 5.32 Å². The minimum absolute atomic E-state index is 0.501. The summed E-state index contributed by atoms with van der Waals surface area (Å²) in [7, 11) is 0. The summed E-state index contributed by atoms with van der Waals surface area (Å²) in [6.45, 7) is 5.15. The summed E-state index contributed by atoms with van der Waals surface area (Å²) in [5, 5.41) is 3.34. The second kappa shape index (κ2) is 2.94. The molecule has 0 spiro atoms. The average Bonchev–Trinajstić information content (AvgIpc) is 1.93. The van der Waals surface area contributed by atoms with Crippen molar-refractivity contribution in [2.45, 2.75) is 57.7 Å². The summed E-state index contributed by atoms with van der Waals surface area (Å²) in [5.74, 6) is 0. The lowest BCUT2D eigenvalue weighted by atomic mass is 9.68. The van der Waals surface area contributed by atoms with Gasteiger partial charge in [0.2, 0.25) is 0 Å². The SMILES string of the molecule is CC1(C)CC(NCC2(F)CCC2)C1. The van der Waals surface area contributed by atoms with E-state index >= 15 is 0 Å². The fourth-order valence-corrected chi connectivity index (χ4v) is 2.48. The lowest BCUT2D eigenvalue weighted by molar-refractivity contribution is 0.0417. The number of alkyl halides is 1. The van der Waals surface area contributed by atoms with Crippen LogP contribution in [-0.2, 0) is 0 Å². The normalized spacial score (nSPS) is 30.7. The van der Waals surface area contributed by atoms with Gasteiger partial charge in [0, 0.05) is 12.6 Å². The van der Waals surface area contributed by atoms with Crippen molar-refractivity contribution in [3.63, 3.8) is 0 Å². The summed E-state index contributed by atoms with van der Waals surface area (Å²) in [5.41, 5.74) is -0.347. The Morgan fingerprint density at radius 2 is 1.92 bits per heavy atom. The first kappa shape index (κ1) is 9.45.